The normalized spacial score (nSPS) is 41.2. The molecule has 2 aliphatic carbocycles. The van der Waals surface area contributed by atoms with E-state index in [2.05, 4.69) is 31.8 Å². The molecule has 1 heterocycles. The summed E-state index contributed by atoms with van der Waals surface area (Å²) in [4.78, 5) is 4.42. The van der Waals surface area contributed by atoms with Gasteiger partial charge in [0.25, 0.3) is 0 Å². The molecule has 18 heavy (non-hydrogen) atoms. The van der Waals surface area contributed by atoms with Crippen molar-refractivity contribution in [2.45, 2.75) is 46.1 Å². The van der Waals surface area contributed by atoms with E-state index in [-0.39, 0.29) is 16.9 Å². The van der Waals surface area contributed by atoms with Crippen LogP contribution in [-0.4, -0.2) is 16.2 Å². The van der Waals surface area contributed by atoms with Crippen molar-refractivity contribution in [1.29, 1.82) is 0 Å². The minimum absolute atomic E-state index is 0.0944. The fourth-order valence-corrected chi connectivity index (χ4v) is 4.55. The molecule has 1 aromatic rings. The van der Waals surface area contributed by atoms with Crippen LogP contribution in [-0.2, 0) is 6.42 Å². The molecule has 0 aliphatic heterocycles. The van der Waals surface area contributed by atoms with Crippen molar-refractivity contribution in [2.75, 3.05) is 0 Å². The molecule has 3 rings (SSSR count). The van der Waals surface area contributed by atoms with Gasteiger partial charge in [-0.2, -0.15) is 0 Å². The molecule has 1 N–H and O–H groups in total. The van der Waals surface area contributed by atoms with Crippen molar-refractivity contribution in [3.8, 4) is 0 Å². The number of nitrogens with zero attached hydrogens (tertiary/aromatic N) is 1. The van der Waals surface area contributed by atoms with Crippen molar-refractivity contribution >= 4 is 0 Å². The summed E-state index contributed by atoms with van der Waals surface area (Å²) in [5.41, 5.74) is 1.47. The molecule has 2 nitrogen and oxygen atoms in total. The molecule has 0 amide bonds. The summed E-state index contributed by atoms with van der Waals surface area (Å²) in [6, 6.07) is 6.06. The van der Waals surface area contributed by atoms with E-state index >= 15 is 0 Å². The molecular weight excluding hydrogens is 222 g/mol. The Morgan fingerprint density at radius 1 is 1.33 bits per heavy atom. The first-order chi connectivity index (χ1) is 8.47. The smallest absolute Gasteiger partial charge is 0.0633 e. The van der Waals surface area contributed by atoms with Crippen molar-refractivity contribution in [2.24, 2.45) is 22.7 Å². The third-order valence-electron chi connectivity index (χ3n) is 6.12. The zero-order valence-corrected chi connectivity index (χ0v) is 11.6. The van der Waals surface area contributed by atoms with Crippen LogP contribution in [0.3, 0.4) is 0 Å². The fourth-order valence-electron chi connectivity index (χ4n) is 4.55. The lowest BCUT2D eigenvalue weighted by Gasteiger charge is -2.37. The third-order valence-corrected chi connectivity index (χ3v) is 6.12. The van der Waals surface area contributed by atoms with Gasteiger partial charge in [-0.25, -0.2) is 0 Å². The van der Waals surface area contributed by atoms with Gasteiger partial charge in [-0.05, 0) is 54.1 Å². The molecule has 2 fully saturated rings. The summed E-state index contributed by atoms with van der Waals surface area (Å²) in [6.45, 7) is 6.95. The lowest BCUT2D eigenvalue weighted by Crippen LogP contribution is -2.38. The first-order valence-electron chi connectivity index (χ1n) is 7.05. The summed E-state index contributed by atoms with van der Waals surface area (Å²) in [7, 11) is 0. The SMILES string of the molecule is CC1(C)C2CCC1(C)C(O)C2Cc1ccccn1. The summed E-state index contributed by atoms with van der Waals surface area (Å²) >= 11 is 0. The maximum atomic E-state index is 10.7. The number of aromatic nitrogens is 1. The Bertz CT molecular complexity index is 442. The molecule has 1 aromatic heterocycles. The summed E-state index contributed by atoms with van der Waals surface area (Å²) in [6.07, 6.45) is 5.03. The fraction of sp³-hybridized carbons (Fsp3) is 0.688. The van der Waals surface area contributed by atoms with E-state index < -0.39 is 0 Å². The molecule has 2 saturated carbocycles. The molecule has 0 saturated heterocycles. The van der Waals surface area contributed by atoms with Crippen LogP contribution >= 0.6 is 0 Å². The van der Waals surface area contributed by atoms with Gasteiger partial charge >= 0.3 is 0 Å². The Labute approximate surface area is 109 Å². The molecule has 2 bridgehead atoms. The van der Waals surface area contributed by atoms with Crippen LogP contribution in [0.25, 0.3) is 0 Å². The van der Waals surface area contributed by atoms with Gasteiger partial charge in [0.15, 0.2) is 0 Å². The van der Waals surface area contributed by atoms with E-state index in [0.29, 0.717) is 11.8 Å². The van der Waals surface area contributed by atoms with Crippen molar-refractivity contribution in [3.63, 3.8) is 0 Å². The minimum atomic E-state index is -0.173. The topological polar surface area (TPSA) is 33.1 Å². The van der Waals surface area contributed by atoms with E-state index in [0.717, 1.165) is 12.1 Å². The van der Waals surface area contributed by atoms with Crippen LogP contribution in [0.2, 0.25) is 0 Å². The molecular formula is C16H23NO. The average molecular weight is 245 g/mol. The highest BCUT2D eigenvalue weighted by Crippen LogP contribution is 2.67. The van der Waals surface area contributed by atoms with E-state index in [4.69, 9.17) is 0 Å². The maximum absolute atomic E-state index is 10.7. The second kappa shape index (κ2) is 3.80. The number of fused-ring (bicyclic) bond motifs is 2. The molecule has 4 atom stereocenters. The standard InChI is InChI=1S/C16H23NO/c1-15(2)13-7-8-16(15,3)14(18)12(13)10-11-6-4-5-9-17-11/h4-6,9,12-14,18H,7-8,10H2,1-3H3. The van der Waals surface area contributed by atoms with Crippen LogP contribution in [0.1, 0.15) is 39.3 Å². The van der Waals surface area contributed by atoms with Gasteiger partial charge in [0.05, 0.1) is 6.10 Å². The monoisotopic (exact) mass is 245 g/mol. The van der Waals surface area contributed by atoms with E-state index in [1.165, 1.54) is 12.8 Å². The van der Waals surface area contributed by atoms with Gasteiger partial charge in [0.1, 0.15) is 0 Å². The van der Waals surface area contributed by atoms with Crippen LogP contribution in [0, 0.1) is 22.7 Å². The Kier molecular flexibility index (Phi) is 2.57. The van der Waals surface area contributed by atoms with Gasteiger partial charge in [-0.3, -0.25) is 4.98 Å². The number of hydrogen-bond acceptors (Lipinski definition) is 2. The Morgan fingerprint density at radius 2 is 2.11 bits per heavy atom. The third kappa shape index (κ3) is 1.41. The molecule has 2 heteroatoms. The first-order valence-corrected chi connectivity index (χ1v) is 7.05. The van der Waals surface area contributed by atoms with Gasteiger partial charge in [-0.15, -0.1) is 0 Å². The summed E-state index contributed by atoms with van der Waals surface area (Å²) in [5.74, 6) is 1.02. The quantitative estimate of drug-likeness (QED) is 0.868. The Balaban J connectivity index is 1.88. The van der Waals surface area contributed by atoms with E-state index in [9.17, 15) is 5.11 Å². The molecule has 98 valence electrons. The van der Waals surface area contributed by atoms with Crippen molar-refractivity contribution in [3.05, 3.63) is 30.1 Å². The lowest BCUT2D eigenvalue weighted by molar-refractivity contribution is -0.0104. The highest BCUT2D eigenvalue weighted by Gasteiger charge is 2.65. The maximum Gasteiger partial charge on any atom is 0.0633 e. The predicted molar refractivity (Wildman–Crippen MR) is 72.0 cm³/mol. The van der Waals surface area contributed by atoms with E-state index in [1.54, 1.807) is 0 Å². The molecule has 4 unspecified atom stereocenters. The van der Waals surface area contributed by atoms with Gasteiger partial charge in [-0.1, -0.05) is 26.8 Å². The number of aliphatic hydroxyl groups excluding tert-OH is 1. The molecule has 2 aliphatic rings. The first kappa shape index (κ1) is 12.2. The number of aliphatic hydroxyl groups is 1. The number of rotatable bonds is 2. The second-order valence-corrected chi connectivity index (χ2v) is 6.92. The largest absolute Gasteiger partial charge is 0.392 e. The van der Waals surface area contributed by atoms with E-state index in [1.807, 2.05) is 18.3 Å². The summed E-state index contributed by atoms with van der Waals surface area (Å²) in [5, 5.41) is 10.7. The van der Waals surface area contributed by atoms with Crippen LogP contribution in [0.5, 0.6) is 0 Å². The lowest BCUT2D eigenvalue weighted by atomic mass is 9.70. The molecule has 0 aromatic carbocycles. The highest BCUT2D eigenvalue weighted by molar-refractivity contribution is 5.17. The number of pyridine rings is 1. The molecule has 0 spiro atoms. The highest BCUT2D eigenvalue weighted by atomic mass is 16.3. The van der Waals surface area contributed by atoms with Gasteiger partial charge < -0.3 is 5.11 Å². The second-order valence-electron chi connectivity index (χ2n) is 6.92. The predicted octanol–water partition coefficient (Wildman–Crippen LogP) is 3.06. The van der Waals surface area contributed by atoms with Crippen LogP contribution < -0.4 is 0 Å². The molecule has 0 radical (unpaired) electrons. The van der Waals surface area contributed by atoms with Crippen molar-refractivity contribution in [1.82, 2.24) is 4.98 Å². The summed E-state index contributed by atoms with van der Waals surface area (Å²) < 4.78 is 0. The Morgan fingerprint density at radius 3 is 2.67 bits per heavy atom. The minimum Gasteiger partial charge on any atom is -0.392 e. The van der Waals surface area contributed by atoms with Crippen LogP contribution in [0.4, 0.5) is 0 Å². The Hall–Kier alpha value is -0.890. The average Bonchev–Trinajstić information content (AvgIpc) is 2.65. The van der Waals surface area contributed by atoms with Gasteiger partial charge in [0.2, 0.25) is 0 Å². The number of hydrogen-bond donors (Lipinski definition) is 1. The van der Waals surface area contributed by atoms with Gasteiger partial charge in [0, 0.05) is 11.9 Å². The zero-order valence-electron chi connectivity index (χ0n) is 11.6. The van der Waals surface area contributed by atoms with Crippen LogP contribution in [0.15, 0.2) is 24.4 Å². The van der Waals surface area contributed by atoms with Crippen molar-refractivity contribution < 1.29 is 5.11 Å². The zero-order chi connectivity index (χ0) is 13.0.